The molecule has 40 heavy (non-hydrogen) atoms. The molecule has 0 aliphatic heterocycles. The number of hydrogen-bond acceptors (Lipinski definition) is 5. The number of halogens is 8. The summed E-state index contributed by atoms with van der Waals surface area (Å²) in [4.78, 5) is 28.2. The first-order valence-electron chi connectivity index (χ1n) is 11.6. The van der Waals surface area contributed by atoms with E-state index in [0.29, 0.717) is 30.5 Å². The molecule has 15 heteroatoms. The monoisotopic (exact) mass is 589 g/mol. The number of fused-ring (bicyclic) bond motifs is 1. The first kappa shape index (κ1) is 29.1. The van der Waals surface area contributed by atoms with Gasteiger partial charge in [-0.1, -0.05) is 11.6 Å². The molecular weight excluding hydrogens is 571 g/mol. The number of anilines is 1. The zero-order valence-electron chi connectivity index (χ0n) is 20.4. The quantitative estimate of drug-likeness (QED) is 0.248. The highest BCUT2D eigenvalue weighted by Gasteiger charge is 2.37. The van der Waals surface area contributed by atoms with E-state index in [0.717, 1.165) is 12.3 Å². The van der Waals surface area contributed by atoms with Crippen molar-refractivity contribution in [3.63, 3.8) is 0 Å². The molecule has 3 aromatic heterocycles. The van der Waals surface area contributed by atoms with Gasteiger partial charge in [-0.15, -0.1) is 0 Å². The Labute approximate surface area is 225 Å². The molecule has 3 heterocycles. The van der Waals surface area contributed by atoms with Crippen LogP contribution in [0.25, 0.3) is 22.0 Å². The highest BCUT2D eigenvalue weighted by atomic mass is 35.5. The van der Waals surface area contributed by atoms with Crippen molar-refractivity contribution in [3.8, 4) is 11.3 Å². The summed E-state index contributed by atoms with van der Waals surface area (Å²) in [7, 11) is 0. The van der Waals surface area contributed by atoms with Crippen LogP contribution in [0.5, 0.6) is 0 Å². The Bertz CT molecular complexity index is 1680. The molecule has 1 atom stereocenters. The van der Waals surface area contributed by atoms with E-state index in [1.54, 1.807) is 12.0 Å². The molecule has 2 N–H and O–H groups in total. The van der Waals surface area contributed by atoms with Gasteiger partial charge in [-0.3, -0.25) is 14.6 Å². The van der Waals surface area contributed by atoms with Crippen LogP contribution >= 0.6 is 11.6 Å². The van der Waals surface area contributed by atoms with Crippen molar-refractivity contribution >= 4 is 28.1 Å². The number of aryl methyl sites for hydroxylation is 1. The van der Waals surface area contributed by atoms with Crippen LogP contribution in [0.2, 0.25) is 5.02 Å². The summed E-state index contributed by atoms with van der Waals surface area (Å²) in [5.74, 6) is -0.916. The van der Waals surface area contributed by atoms with Crippen molar-refractivity contribution in [1.82, 2.24) is 19.7 Å². The van der Waals surface area contributed by atoms with Crippen LogP contribution in [0.3, 0.4) is 0 Å². The second-order valence-electron chi connectivity index (χ2n) is 8.96. The lowest BCUT2D eigenvalue weighted by atomic mass is 10.0. The lowest BCUT2D eigenvalue weighted by molar-refractivity contribution is -0.138. The van der Waals surface area contributed by atoms with Crippen molar-refractivity contribution in [3.05, 3.63) is 85.5 Å². The van der Waals surface area contributed by atoms with Gasteiger partial charge in [0.1, 0.15) is 11.4 Å². The Morgan fingerprint density at radius 3 is 2.45 bits per heavy atom. The third-order valence-corrected chi connectivity index (χ3v) is 6.35. The number of rotatable bonds is 7. The highest BCUT2D eigenvalue weighted by molar-refractivity contribution is 6.33. The van der Waals surface area contributed by atoms with Gasteiger partial charge in [-0.2, -0.15) is 31.4 Å². The van der Waals surface area contributed by atoms with Crippen molar-refractivity contribution in [2.45, 2.75) is 44.7 Å². The Balaban J connectivity index is 1.50. The fourth-order valence-electron chi connectivity index (χ4n) is 4.15. The second kappa shape index (κ2) is 10.9. The molecule has 1 aromatic carbocycles. The van der Waals surface area contributed by atoms with Gasteiger partial charge < -0.3 is 9.88 Å². The van der Waals surface area contributed by atoms with E-state index in [-0.39, 0.29) is 23.2 Å². The number of pyridine rings is 2. The Kier molecular flexibility index (Phi) is 7.92. The Morgan fingerprint density at radius 1 is 1.07 bits per heavy atom. The normalized spacial score (nSPS) is 13.0. The minimum absolute atomic E-state index is 0.00219. The van der Waals surface area contributed by atoms with Crippen LogP contribution in [0.4, 0.5) is 36.4 Å². The maximum absolute atomic E-state index is 15.0. The SMILES string of the molecule is C[C@@H](CCCn1ccc2cc(-c3ncc(C(F)(F)F)cc3Cl)c(F)cc2c1=O)Nc1cn[nH]c(=O)c1C(F)(F)F. The number of aromatic nitrogens is 4. The maximum Gasteiger partial charge on any atom is 0.423 e. The third-order valence-electron chi connectivity index (χ3n) is 6.07. The summed E-state index contributed by atoms with van der Waals surface area (Å²) in [5, 5.41) is 7.65. The van der Waals surface area contributed by atoms with Crippen LogP contribution < -0.4 is 16.4 Å². The first-order chi connectivity index (χ1) is 18.7. The molecule has 0 saturated carbocycles. The predicted molar refractivity (Wildman–Crippen MR) is 134 cm³/mol. The van der Waals surface area contributed by atoms with Crippen LogP contribution in [-0.4, -0.2) is 25.8 Å². The summed E-state index contributed by atoms with van der Waals surface area (Å²) in [6.45, 7) is 1.75. The van der Waals surface area contributed by atoms with Gasteiger partial charge in [-0.25, -0.2) is 9.49 Å². The number of nitrogens with one attached hydrogen (secondary N) is 2. The summed E-state index contributed by atoms with van der Waals surface area (Å²) in [6.07, 6.45) is -6.09. The largest absolute Gasteiger partial charge is 0.423 e. The van der Waals surface area contributed by atoms with Gasteiger partial charge >= 0.3 is 12.4 Å². The van der Waals surface area contributed by atoms with Gasteiger partial charge in [-0.05, 0) is 49.4 Å². The Morgan fingerprint density at radius 2 is 1.80 bits per heavy atom. The van der Waals surface area contributed by atoms with E-state index >= 15 is 0 Å². The zero-order valence-corrected chi connectivity index (χ0v) is 21.2. The molecule has 0 aliphatic carbocycles. The average molecular weight is 590 g/mol. The summed E-state index contributed by atoms with van der Waals surface area (Å²) in [5.41, 5.74) is -5.29. The molecule has 0 saturated heterocycles. The number of alkyl halides is 6. The standard InChI is InChI=1S/C25H19ClF7N5O2/c1-12(36-19-11-35-37-22(39)20(19)25(31,32)33)3-2-5-38-6-4-13-7-16(18(27)9-15(13)23(38)40)21-17(26)8-14(10-34-21)24(28,29)30/h4,6-12H,2-3,5H2,1H3,(H2,36,37,39)/t12-/m0/s1. The van der Waals surface area contributed by atoms with E-state index in [1.807, 2.05) is 0 Å². The maximum atomic E-state index is 15.0. The second-order valence-corrected chi connectivity index (χ2v) is 9.37. The average Bonchev–Trinajstić information content (AvgIpc) is 2.84. The molecule has 0 fully saturated rings. The summed E-state index contributed by atoms with van der Waals surface area (Å²) < 4.78 is 94.7. The van der Waals surface area contributed by atoms with Crippen molar-refractivity contribution in [2.75, 3.05) is 5.32 Å². The summed E-state index contributed by atoms with van der Waals surface area (Å²) in [6, 6.07) is 3.83. The van der Waals surface area contributed by atoms with Crippen LogP contribution in [-0.2, 0) is 18.9 Å². The molecule has 0 unspecified atom stereocenters. The van der Waals surface area contributed by atoms with E-state index in [1.165, 1.54) is 22.9 Å². The molecule has 0 spiro atoms. The zero-order chi connectivity index (χ0) is 29.4. The van der Waals surface area contributed by atoms with E-state index in [9.17, 15) is 40.3 Å². The molecule has 4 rings (SSSR count). The molecule has 0 radical (unpaired) electrons. The first-order valence-corrected chi connectivity index (χ1v) is 12.0. The van der Waals surface area contributed by atoms with Crippen LogP contribution in [0.15, 0.2) is 52.4 Å². The molecule has 0 bridgehead atoms. The number of hydrogen-bond donors (Lipinski definition) is 2. The highest BCUT2D eigenvalue weighted by Crippen LogP contribution is 2.36. The fourth-order valence-corrected chi connectivity index (χ4v) is 4.42. The van der Waals surface area contributed by atoms with E-state index in [4.69, 9.17) is 11.6 Å². The minimum atomic E-state index is -4.89. The smallest absolute Gasteiger partial charge is 0.381 e. The van der Waals surface area contributed by atoms with Crippen LogP contribution in [0.1, 0.15) is 30.9 Å². The van der Waals surface area contributed by atoms with Crippen molar-refractivity contribution in [2.24, 2.45) is 0 Å². The van der Waals surface area contributed by atoms with Gasteiger partial charge in [0.05, 0.1) is 33.6 Å². The van der Waals surface area contributed by atoms with Crippen molar-refractivity contribution < 1.29 is 30.7 Å². The van der Waals surface area contributed by atoms with Gasteiger partial charge in [0, 0.05) is 30.5 Å². The van der Waals surface area contributed by atoms with E-state index < -0.39 is 57.2 Å². The molecule has 212 valence electrons. The van der Waals surface area contributed by atoms with Gasteiger partial charge in [0.25, 0.3) is 11.1 Å². The predicted octanol–water partition coefficient (Wildman–Crippen LogP) is 6.26. The molecule has 0 aliphatic rings. The van der Waals surface area contributed by atoms with Crippen molar-refractivity contribution in [1.29, 1.82) is 0 Å². The third kappa shape index (κ3) is 6.11. The summed E-state index contributed by atoms with van der Waals surface area (Å²) >= 11 is 5.95. The lowest BCUT2D eigenvalue weighted by Gasteiger charge is -2.18. The fraction of sp³-hybridized carbons (Fsp3) is 0.280. The Hall–Kier alpha value is -3.94. The molecule has 7 nitrogen and oxygen atoms in total. The minimum Gasteiger partial charge on any atom is -0.381 e. The molecule has 0 amide bonds. The van der Waals surface area contributed by atoms with Gasteiger partial charge in [0.2, 0.25) is 0 Å². The number of H-pyrrole nitrogens is 1. The number of aromatic amines is 1. The number of benzene rings is 1. The molecular formula is C25H19ClF7N5O2. The topological polar surface area (TPSA) is 92.7 Å². The molecule has 4 aromatic rings. The lowest BCUT2D eigenvalue weighted by Crippen LogP contribution is -2.27. The van der Waals surface area contributed by atoms with Crippen LogP contribution in [0, 0.1) is 5.82 Å². The van der Waals surface area contributed by atoms with Gasteiger partial charge in [0.15, 0.2) is 0 Å². The van der Waals surface area contributed by atoms with E-state index in [2.05, 4.69) is 15.4 Å². The number of nitrogens with zero attached hydrogens (tertiary/aromatic N) is 3.